The van der Waals surface area contributed by atoms with Gasteiger partial charge >= 0.3 is 0 Å². The van der Waals surface area contributed by atoms with Crippen molar-refractivity contribution in [2.45, 2.75) is 52.0 Å². The largest absolute Gasteiger partial charge is 0.320 e. The van der Waals surface area contributed by atoms with Gasteiger partial charge in [0, 0.05) is 0 Å². The third-order valence-corrected chi connectivity index (χ3v) is 3.42. The van der Waals surface area contributed by atoms with Crippen molar-refractivity contribution < 1.29 is 0 Å². The SMILES string of the molecule is CCc1nnc(C)cc1C(N)C1=CCCCC1. The van der Waals surface area contributed by atoms with Crippen LogP contribution in [-0.2, 0) is 6.42 Å². The summed E-state index contributed by atoms with van der Waals surface area (Å²) >= 11 is 0. The number of rotatable bonds is 3. The minimum atomic E-state index is 0.0134. The lowest BCUT2D eigenvalue weighted by atomic mass is 9.89. The Balaban J connectivity index is 2.31. The van der Waals surface area contributed by atoms with Gasteiger partial charge in [-0.25, -0.2) is 0 Å². The molecule has 1 aliphatic carbocycles. The minimum Gasteiger partial charge on any atom is -0.320 e. The van der Waals surface area contributed by atoms with Gasteiger partial charge in [-0.05, 0) is 50.7 Å². The van der Waals surface area contributed by atoms with Gasteiger partial charge in [0.1, 0.15) is 0 Å². The molecule has 1 aliphatic rings. The third-order valence-electron chi connectivity index (χ3n) is 3.42. The molecule has 1 unspecified atom stereocenters. The van der Waals surface area contributed by atoms with Crippen LogP contribution in [0.1, 0.15) is 55.6 Å². The number of hydrogen-bond acceptors (Lipinski definition) is 3. The summed E-state index contributed by atoms with van der Waals surface area (Å²) < 4.78 is 0. The zero-order valence-electron chi connectivity index (χ0n) is 10.7. The maximum atomic E-state index is 6.38. The van der Waals surface area contributed by atoms with Crippen molar-refractivity contribution in [1.29, 1.82) is 0 Å². The highest BCUT2D eigenvalue weighted by Gasteiger charge is 2.17. The fourth-order valence-electron chi connectivity index (χ4n) is 2.42. The lowest BCUT2D eigenvalue weighted by Crippen LogP contribution is -2.18. The molecule has 1 aromatic heterocycles. The first kappa shape index (κ1) is 12.2. The van der Waals surface area contributed by atoms with E-state index in [9.17, 15) is 0 Å². The monoisotopic (exact) mass is 231 g/mol. The second-order valence-electron chi connectivity index (χ2n) is 4.74. The summed E-state index contributed by atoms with van der Waals surface area (Å²) in [5.74, 6) is 0. The van der Waals surface area contributed by atoms with Crippen molar-refractivity contribution in [3.63, 3.8) is 0 Å². The summed E-state index contributed by atoms with van der Waals surface area (Å²) in [6, 6.07) is 2.10. The molecule has 1 atom stereocenters. The van der Waals surface area contributed by atoms with Gasteiger partial charge in [0.25, 0.3) is 0 Å². The molecule has 3 heteroatoms. The molecule has 17 heavy (non-hydrogen) atoms. The smallest absolute Gasteiger partial charge is 0.0679 e. The Bertz CT molecular complexity index is 423. The highest BCUT2D eigenvalue weighted by atomic mass is 15.1. The van der Waals surface area contributed by atoms with Crippen molar-refractivity contribution in [2.75, 3.05) is 0 Å². The summed E-state index contributed by atoms with van der Waals surface area (Å²) in [4.78, 5) is 0. The van der Waals surface area contributed by atoms with Gasteiger partial charge in [-0.1, -0.05) is 18.6 Å². The summed E-state index contributed by atoms with van der Waals surface area (Å²) in [6.07, 6.45) is 8.06. The van der Waals surface area contributed by atoms with Gasteiger partial charge in [-0.15, -0.1) is 0 Å². The molecular weight excluding hydrogens is 210 g/mol. The molecule has 0 aromatic carbocycles. The van der Waals surface area contributed by atoms with E-state index in [1.165, 1.54) is 24.8 Å². The number of hydrogen-bond donors (Lipinski definition) is 1. The Morgan fingerprint density at radius 2 is 2.18 bits per heavy atom. The Morgan fingerprint density at radius 3 is 2.82 bits per heavy atom. The molecule has 1 aromatic rings. The minimum absolute atomic E-state index is 0.0134. The van der Waals surface area contributed by atoms with E-state index in [2.05, 4.69) is 29.3 Å². The molecule has 0 amide bonds. The van der Waals surface area contributed by atoms with Crippen molar-refractivity contribution in [1.82, 2.24) is 10.2 Å². The first-order valence-electron chi connectivity index (χ1n) is 6.50. The standard InChI is InChI=1S/C14H21N3/c1-3-13-12(9-10(2)16-17-13)14(15)11-7-5-4-6-8-11/h7,9,14H,3-6,8,15H2,1-2H3. The fraction of sp³-hybridized carbons (Fsp3) is 0.571. The van der Waals surface area contributed by atoms with E-state index in [-0.39, 0.29) is 6.04 Å². The predicted octanol–water partition coefficient (Wildman–Crippen LogP) is 2.85. The molecule has 0 saturated heterocycles. The Labute approximate surface area is 103 Å². The van der Waals surface area contributed by atoms with Crippen LogP contribution in [-0.4, -0.2) is 10.2 Å². The number of aryl methyl sites for hydroxylation is 2. The van der Waals surface area contributed by atoms with Crippen LogP contribution in [0.25, 0.3) is 0 Å². The molecule has 0 radical (unpaired) electrons. The second-order valence-corrected chi connectivity index (χ2v) is 4.74. The van der Waals surface area contributed by atoms with Crippen molar-refractivity contribution in [3.05, 3.63) is 34.7 Å². The molecule has 3 nitrogen and oxygen atoms in total. The van der Waals surface area contributed by atoms with Gasteiger partial charge in [0.2, 0.25) is 0 Å². The van der Waals surface area contributed by atoms with Crippen LogP contribution in [0, 0.1) is 6.92 Å². The molecule has 1 heterocycles. The molecule has 0 aliphatic heterocycles. The number of nitrogens with two attached hydrogens (primary N) is 1. The molecule has 0 fully saturated rings. The predicted molar refractivity (Wildman–Crippen MR) is 69.6 cm³/mol. The summed E-state index contributed by atoms with van der Waals surface area (Å²) in [5.41, 5.74) is 10.9. The average molecular weight is 231 g/mol. The zero-order chi connectivity index (χ0) is 12.3. The van der Waals surface area contributed by atoms with E-state index in [1.54, 1.807) is 0 Å². The molecular formula is C14H21N3. The second kappa shape index (κ2) is 5.41. The summed E-state index contributed by atoms with van der Waals surface area (Å²) in [6.45, 7) is 4.07. The molecule has 0 bridgehead atoms. The first-order chi connectivity index (χ1) is 8.22. The lowest BCUT2D eigenvalue weighted by Gasteiger charge is -2.21. The Morgan fingerprint density at radius 1 is 1.35 bits per heavy atom. The first-order valence-corrected chi connectivity index (χ1v) is 6.50. The van der Waals surface area contributed by atoms with Crippen LogP contribution in [0.5, 0.6) is 0 Å². The molecule has 2 N–H and O–H groups in total. The van der Waals surface area contributed by atoms with Gasteiger partial charge in [-0.2, -0.15) is 10.2 Å². The van der Waals surface area contributed by atoms with Gasteiger partial charge in [0.05, 0.1) is 17.4 Å². The normalized spacial score (nSPS) is 17.7. The summed E-state index contributed by atoms with van der Waals surface area (Å²) in [7, 11) is 0. The van der Waals surface area contributed by atoms with Crippen LogP contribution in [0.15, 0.2) is 17.7 Å². The van der Waals surface area contributed by atoms with E-state index >= 15 is 0 Å². The Hall–Kier alpha value is -1.22. The van der Waals surface area contributed by atoms with E-state index < -0.39 is 0 Å². The van der Waals surface area contributed by atoms with Crippen molar-refractivity contribution >= 4 is 0 Å². The molecule has 0 saturated carbocycles. The maximum Gasteiger partial charge on any atom is 0.0679 e. The number of nitrogens with zero attached hydrogens (tertiary/aromatic N) is 2. The highest BCUT2D eigenvalue weighted by Crippen LogP contribution is 2.29. The van der Waals surface area contributed by atoms with Crippen molar-refractivity contribution in [2.24, 2.45) is 5.73 Å². The van der Waals surface area contributed by atoms with Gasteiger partial charge < -0.3 is 5.73 Å². The van der Waals surface area contributed by atoms with Gasteiger partial charge in [0.15, 0.2) is 0 Å². The van der Waals surface area contributed by atoms with Crippen LogP contribution in [0.3, 0.4) is 0 Å². The van der Waals surface area contributed by atoms with Crippen LogP contribution < -0.4 is 5.73 Å². The van der Waals surface area contributed by atoms with E-state index in [0.29, 0.717) is 0 Å². The van der Waals surface area contributed by atoms with E-state index in [4.69, 9.17) is 5.73 Å². The number of aromatic nitrogens is 2. The summed E-state index contributed by atoms with van der Waals surface area (Å²) in [5, 5.41) is 8.37. The number of allylic oxidation sites excluding steroid dienone is 1. The highest BCUT2D eigenvalue weighted by molar-refractivity contribution is 5.32. The van der Waals surface area contributed by atoms with Crippen LogP contribution >= 0.6 is 0 Å². The molecule has 92 valence electrons. The molecule has 2 rings (SSSR count). The van der Waals surface area contributed by atoms with Crippen molar-refractivity contribution in [3.8, 4) is 0 Å². The van der Waals surface area contributed by atoms with Crippen LogP contribution in [0.2, 0.25) is 0 Å². The van der Waals surface area contributed by atoms with Gasteiger partial charge in [-0.3, -0.25) is 0 Å². The lowest BCUT2D eigenvalue weighted by molar-refractivity contribution is 0.641. The third kappa shape index (κ3) is 2.72. The topological polar surface area (TPSA) is 51.8 Å². The van der Waals surface area contributed by atoms with Crippen LogP contribution in [0.4, 0.5) is 0 Å². The fourth-order valence-corrected chi connectivity index (χ4v) is 2.42. The van der Waals surface area contributed by atoms with E-state index in [0.717, 1.165) is 29.8 Å². The Kier molecular flexibility index (Phi) is 3.89. The zero-order valence-corrected chi connectivity index (χ0v) is 10.7. The maximum absolute atomic E-state index is 6.38. The van der Waals surface area contributed by atoms with E-state index in [1.807, 2.05) is 6.92 Å². The molecule has 0 spiro atoms. The average Bonchev–Trinajstić information content (AvgIpc) is 2.39. The quantitative estimate of drug-likeness (QED) is 0.814.